The van der Waals surface area contributed by atoms with Crippen molar-refractivity contribution in [3.05, 3.63) is 34.1 Å². The fourth-order valence-corrected chi connectivity index (χ4v) is 3.24. The van der Waals surface area contributed by atoms with Crippen LogP contribution in [-0.4, -0.2) is 66.7 Å². The Kier molecular flexibility index (Phi) is 7.61. The summed E-state index contributed by atoms with van der Waals surface area (Å²) in [5.74, 6) is -0.734. The van der Waals surface area contributed by atoms with Crippen molar-refractivity contribution < 1.29 is 18.7 Å². The third kappa shape index (κ3) is 7.46. The number of rotatable bonds is 5. The zero-order chi connectivity index (χ0) is 20.0. The van der Waals surface area contributed by atoms with Gasteiger partial charge in [-0.15, -0.1) is 0 Å². The van der Waals surface area contributed by atoms with E-state index in [1.807, 2.05) is 20.8 Å². The van der Waals surface area contributed by atoms with E-state index in [4.69, 9.17) is 4.74 Å². The Morgan fingerprint density at radius 2 is 1.85 bits per heavy atom. The first-order chi connectivity index (χ1) is 12.6. The molecule has 27 heavy (non-hydrogen) atoms. The second-order valence-electron chi connectivity index (χ2n) is 7.58. The number of benzene rings is 1. The van der Waals surface area contributed by atoms with Crippen LogP contribution < -0.4 is 5.32 Å². The maximum Gasteiger partial charge on any atom is 0.410 e. The van der Waals surface area contributed by atoms with Crippen LogP contribution in [0.3, 0.4) is 0 Å². The van der Waals surface area contributed by atoms with Crippen LogP contribution in [0, 0.1) is 5.82 Å². The van der Waals surface area contributed by atoms with Crippen molar-refractivity contribution in [3.63, 3.8) is 0 Å². The maximum absolute atomic E-state index is 13.3. The molecule has 1 N–H and O–H groups in total. The van der Waals surface area contributed by atoms with E-state index in [2.05, 4.69) is 26.1 Å². The Morgan fingerprint density at radius 3 is 2.44 bits per heavy atom. The Balaban J connectivity index is 1.66. The number of halogens is 2. The molecule has 1 saturated heterocycles. The predicted octanol–water partition coefficient (Wildman–Crippen LogP) is 3.26. The number of nitrogens with one attached hydrogen (secondary N) is 1. The number of carbonyl (C=O) groups is 2. The van der Waals surface area contributed by atoms with Crippen molar-refractivity contribution >= 4 is 27.9 Å². The predicted molar refractivity (Wildman–Crippen MR) is 105 cm³/mol. The van der Waals surface area contributed by atoms with Crippen LogP contribution in [0.25, 0.3) is 0 Å². The fraction of sp³-hybridized carbons (Fsp3) is 0.579. The van der Waals surface area contributed by atoms with Crippen LogP contribution in [-0.2, 0) is 4.74 Å². The van der Waals surface area contributed by atoms with Crippen LogP contribution >= 0.6 is 15.9 Å². The molecule has 1 fully saturated rings. The third-order valence-corrected chi connectivity index (χ3v) is 4.54. The standard InChI is InChI=1S/C19H27BrFN3O3/c1-19(2,3)27-18(26)24-9-7-23(8-10-24)6-4-5-22-17(25)14-11-15(20)13-16(21)12-14/h11-13H,4-10H2,1-3H3,(H,22,25). The summed E-state index contributed by atoms with van der Waals surface area (Å²) in [4.78, 5) is 28.1. The molecule has 8 heteroatoms. The lowest BCUT2D eigenvalue weighted by atomic mass is 10.2. The van der Waals surface area contributed by atoms with E-state index in [-0.39, 0.29) is 12.0 Å². The summed E-state index contributed by atoms with van der Waals surface area (Å²) in [6.45, 7) is 9.76. The number of ether oxygens (including phenoxy) is 1. The number of hydrogen-bond acceptors (Lipinski definition) is 4. The van der Waals surface area contributed by atoms with Crippen molar-refractivity contribution in [2.45, 2.75) is 32.8 Å². The molecule has 150 valence electrons. The highest BCUT2D eigenvalue weighted by Crippen LogP contribution is 2.15. The zero-order valence-electron chi connectivity index (χ0n) is 16.1. The van der Waals surface area contributed by atoms with Gasteiger partial charge in [0, 0.05) is 42.8 Å². The Labute approximate surface area is 168 Å². The molecular weight excluding hydrogens is 417 g/mol. The Morgan fingerprint density at radius 1 is 1.19 bits per heavy atom. The molecule has 1 aromatic carbocycles. The molecule has 0 radical (unpaired) electrons. The lowest BCUT2D eigenvalue weighted by Crippen LogP contribution is -2.50. The van der Waals surface area contributed by atoms with E-state index < -0.39 is 11.4 Å². The Hall–Kier alpha value is -1.67. The quantitative estimate of drug-likeness (QED) is 0.709. The van der Waals surface area contributed by atoms with Crippen molar-refractivity contribution in [3.8, 4) is 0 Å². The van der Waals surface area contributed by atoms with E-state index >= 15 is 0 Å². The van der Waals surface area contributed by atoms with Crippen LogP contribution in [0.4, 0.5) is 9.18 Å². The lowest BCUT2D eigenvalue weighted by molar-refractivity contribution is 0.0144. The first kappa shape index (κ1) is 21.6. The maximum atomic E-state index is 13.3. The van der Waals surface area contributed by atoms with Gasteiger partial charge in [0.15, 0.2) is 0 Å². The lowest BCUT2D eigenvalue weighted by Gasteiger charge is -2.35. The molecule has 0 spiro atoms. The average molecular weight is 444 g/mol. The fourth-order valence-electron chi connectivity index (χ4n) is 2.77. The molecule has 0 unspecified atom stereocenters. The first-order valence-electron chi connectivity index (χ1n) is 9.08. The molecule has 6 nitrogen and oxygen atoms in total. The van der Waals surface area contributed by atoms with Gasteiger partial charge in [0.05, 0.1) is 0 Å². The molecule has 0 saturated carbocycles. The summed E-state index contributed by atoms with van der Waals surface area (Å²) >= 11 is 3.18. The summed E-state index contributed by atoms with van der Waals surface area (Å²) in [5.41, 5.74) is -0.184. The van der Waals surface area contributed by atoms with Crippen LogP contribution in [0.2, 0.25) is 0 Å². The zero-order valence-corrected chi connectivity index (χ0v) is 17.6. The SMILES string of the molecule is CC(C)(C)OC(=O)N1CCN(CCCNC(=O)c2cc(F)cc(Br)c2)CC1. The molecule has 1 heterocycles. The van der Waals surface area contributed by atoms with Gasteiger partial charge in [-0.3, -0.25) is 9.69 Å². The van der Waals surface area contributed by atoms with Gasteiger partial charge < -0.3 is 15.0 Å². The van der Waals surface area contributed by atoms with E-state index in [1.165, 1.54) is 12.1 Å². The van der Waals surface area contributed by atoms with Gasteiger partial charge in [-0.1, -0.05) is 15.9 Å². The topological polar surface area (TPSA) is 61.9 Å². The molecule has 0 aromatic heterocycles. The molecule has 0 aliphatic carbocycles. The second kappa shape index (κ2) is 9.50. The largest absolute Gasteiger partial charge is 0.444 e. The molecule has 2 rings (SSSR count). The summed E-state index contributed by atoms with van der Waals surface area (Å²) in [6.07, 6.45) is 0.518. The smallest absolute Gasteiger partial charge is 0.410 e. The van der Waals surface area contributed by atoms with Gasteiger partial charge in [0.2, 0.25) is 0 Å². The number of nitrogens with zero attached hydrogens (tertiary/aromatic N) is 2. The third-order valence-electron chi connectivity index (χ3n) is 4.09. The van der Waals surface area contributed by atoms with Crippen molar-refractivity contribution in [1.82, 2.24) is 15.1 Å². The molecule has 1 aliphatic heterocycles. The van der Waals surface area contributed by atoms with Crippen LogP contribution in [0.1, 0.15) is 37.6 Å². The molecule has 2 amide bonds. The highest BCUT2D eigenvalue weighted by atomic mass is 79.9. The summed E-state index contributed by atoms with van der Waals surface area (Å²) in [7, 11) is 0. The van der Waals surface area contributed by atoms with E-state index in [0.717, 1.165) is 26.1 Å². The highest BCUT2D eigenvalue weighted by molar-refractivity contribution is 9.10. The van der Waals surface area contributed by atoms with Gasteiger partial charge in [-0.25, -0.2) is 9.18 Å². The van der Waals surface area contributed by atoms with Gasteiger partial charge in [0.25, 0.3) is 5.91 Å². The monoisotopic (exact) mass is 443 g/mol. The molecule has 1 aromatic rings. The van der Waals surface area contributed by atoms with Gasteiger partial charge in [-0.2, -0.15) is 0 Å². The summed E-state index contributed by atoms with van der Waals surface area (Å²) in [5, 5.41) is 2.81. The molecule has 0 atom stereocenters. The first-order valence-corrected chi connectivity index (χ1v) is 9.88. The van der Waals surface area contributed by atoms with Crippen molar-refractivity contribution in [1.29, 1.82) is 0 Å². The van der Waals surface area contributed by atoms with Crippen molar-refractivity contribution in [2.24, 2.45) is 0 Å². The normalized spacial score (nSPS) is 15.5. The van der Waals surface area contributed by atoms with Crippen LogP contribution in [0.15, 0.2) is 22.7 Å². The van der Waals surface area contributed by atoms with Gasteiger partial charge in [0.1, 0.15) is 11.4 Å². The number of carbonyl (C=O) groups excluding carboxylic acids is 2. The number of hydrogen-bond donors (Lipinski definition) is 1. The number of amides is 2. The van der Waals surface area contributed by atoms with E-state index in [9.17, 15) is 14.0 Å². The average Bonchev–Trinajstić information content (AvgIpc) is 2.56. The minimum Gasteiger partial charge on any atom is -0.444 e. The van der Waals surface area contributed by atoms with Gasteiger partial charge in [-0.05, 0) is 51.9 Å². The minimum atomic E-state index is -0.482. The molecular formula is C19H27BrFN3O3. The number of piperazine rings is 1. The molecule has 0 bridgehead atoms. The van der Waals surface area contributed by atoms with Gasteiger partial charge >= 0.3 is 6.09 Å². The van der Waals surface area contributed by atoms with E-state index in [0.29, 0.717) is 29.7 Å². The second-order valence-corrected chi connectivity index (χ2v) is 8.49. The summed E-state index contributed by atoms with van der Waals surface area (Å²) < 4.78 is 19.3. The minimum absolute atomic E-state index is 0.268. The van der Waals surface area contributed by atoms with Crippen LogP contribution in [0.5, 0.6) is 0 Å². The highest BCUT2D eigenvalue weighted by Gasteiger charge is 2.25. The Bertz CT molecular complexity index is 650. The van der Waals surface area contributed by atoms with E-state index in [1.54, 1.807) is 11.0 Å². The molecule has 1 aliphatic rings. The summed E-state index contributed by atoms with van der Waals surface area (Å²) in [6, 6.07) is 4.12. The van der Waals surface area contributed by atoms with Crippen molar-refractivity contribution in [2.75, 3.05) is 39.3 Å².